The average Bonchev–Trinajstić information content (AvgIpc) is 2.97. The van der Waals surface area contributed by atoms with Gasteiger partial charge in [0.05, 0.1) is 31.8 Å². The molecule has 0 radical (unpaired) electrons. The van der Waals surface area contributed by atoms with Gasteiger partial charge < -0.3 is 14.2 Å². The van der Waals surface area contributed by atoms with Crippen LogP contribution in [-0.2, 0) is 28.6 Å². The highest BCUT2D eigenvalue weighted by molar-refractivity contribution is 6.03. The number of methoxy groups -OCH3 is 2. The molecule has 0 aromatic heterocycles. The van der Waals surface area contributed by atoms with Crippen molar-refractivity contribution in [3.63, 3.8) is 0 Å². The fourth-order valence-corrected chi connectivity index (χ4v) is 4.77. The second kappa shape index (κ2) is 6.56. The highest BCUT2D eigenvalue weighted by Crippen LogP contribution is 2.71. The molecule has 0 N–H and O–H groups in total. The van der Waals surface area contributed by atoms with Gasteiger partial charge >= 0.3 is 17.9 Å². The van der Waals surface area contributed by atoms with E-state index in [0.717, 1.165) is 6.42 Å². The summed E-state index contributed by atoms with van der Waals surface area (Å²) in [5.41, 5.74) is 0.497. The Kier molecular flexibility index (Phi) is 4.71. The van der Waals surface area contributed by atoms with Crippen LogP contribution < -0.4 is 0 Å². The molecule has 142 valence electrons. The Morgan fingerprint density at radius 2 is 1.50 bits per heavy atom. The van der Waals surface area contributed by atoms with Crippen LogP contribution in [0.4, 0.5) is 0 Å². The van der Waals surface area contributed by atoms with E-state index in [1.807, 2.05) is 32.9 Å². The van der Waals surface area contributed by atoms with Gasteiger partial charge in [0.15, 0.2) is 0 Å². The summed E-state index contributed by atoms with van der Waals surface area (Å²) < 4.78 is 15.1. The highest BCUT2D eigenvalue weighted by Gasteiger charge is 2.68. The van der Waals surface area contributed by atoms with Crippen molar-refractivity contribution < 1.29 is 28.6 Å². The van der Waals surface area contributed by atoms with Crippen molar-refractivity contribution in [2.24, 2.45) is 29.6 Å². The number of fused-ring (bicyclic) bond motifs is 5. The third kappa shape index (κ3) is 3.17. The lowest BCUT2D eigenvalue weighted by Crippen LogP contribution is -2.23. The Morgan fingerprint density at radius 1 is 1.00 bits per heavy atom. The first-order valence-electron chi connectivity index (χ1n) is 8.98. The molecule has 2 bridgehead atoms. The van der Waals surface area contributed by atoms with Crippen LogP contribution in [-0.4, -0.2) is 37.7 Å². The molecule has 0 saturated heterocycles. The predicted molar refractivity (Wildman–Crippen MR) is 92.7 cm³/mol. The van der Waals surface area contributed by atoms with Crippen LogP contribution in [0.5, 0.6) is 0 Å². The van der Waals surface area contributed by atoms with Crippen molar-refractivity contribution >= 4 is 17.9 Å². The summed E-state index contributed by atoms with van der Waals surface area (Å²) in [6.45, 7) is 5.52. The molecule has 0 aromatic rings. The maximum Gasteiger partial charge on any atom is 0.334 e. The molecule has 3 aliphatic rings. The summed E-state index contributed by atoms with van der Waals surface area (Å²) in [5, 5.41) is 0. The summed E-state index contributed by atoms with van der Waals surface area (Å²) in [5.74, 6) is -0.0612. The lowest BCUT2D eigenvalue weighted by molar-refractivity contribution is -0.153. The van der Waals surface area contributed by atoms with Crippen LogP contribution in [0.3, 0.4) is 0 Å². The lowest BCUT2D eigenvalue weighted by Gasteiger charge is -2.18. The van der Waals surface area contributed by atoms with E-state index in [1.165, 1.54) is 14.2 Å². The second-order valence-electron chi connectivity index (χ2n) is 8.21. The molecule has 5 atom stereocenters. The largest absolute Gasteiger partial charge is 0.466 e. The van der Waals surface area contributed by atoms with E-state index < -0.39 is 17.5 Å². The fraction of sp³-hybridized carbons (Fsp3) is 0.650. The molecular weight excluding hydrogens is 336 g/mol. The van der Waals surface area contributed by atoms with E-state index in [9.17, 15) is 14.4 Å². The van der Waals surface area contributed by atoms with Crippen molar-refractivity contribution in [3.8, 4) is 0 Å². The number of hydrogen-bond acceptors (Lipinski definition) is 6. The van der Waals surface area contributed by atoms with Gasteiger partial charge in [0, 0.05) is 0 Å². The molecular formula is C20H26O6. The Morgan fingerprint density at radius 3 is 1.92 bits per heavy atom. The van der Waals surface area contributed by atoms with Gasteiger partial charge in [0.2, 0.25) is 0 Å². The van der Waals surface area contributed by atoms with Crippen molar-refractivity contribution in [1.29, 1.82) is 0 Å². The number of esters is 3. The lowest BCUT2D eigenvalue weighted by atomic mass is 9.92. The normalized spacial score (nSPS) is 31.8. The second-order valence-corrected chi connectivity index (χ2v) is 8.21. The Labute approximate surface area is 153 Å². The van der Waals surface area contributed by atoms with Gasteiger partial charge in [0.25, 0.3) is 0 Å². The Bertz CT molecular complexity index is 658. The zero-order valence-corrected chi connectivity index (χ0v) is 15.9. The standard InChI is InChI=1S/C20H26O6/c1-20(2,3)26-13(21)8-6-7-10-14-11-9-12(15(10)14)17(19(23)25-5)16(11)18(22)24-4/h6-7,10-12,14-15H,8-9H2,1-5H3/b7-6-/t10?,11-,12+,14+,15-. The monoisotopic (exact) mass is 362 g/mol. The molecule has 6 heteroatoms. The highest BCUT2D eigenvalue weighted by atomic mass is 16.6. The first kappa shape index (κ1) is 18.7. The Hall–Kier alpha value is -2.11. The first-order chi connectivity index (χ1) is 12.2. The van der Waals surface area contributed by atoms with Crippen molar-refractivity contribution in [2.45, 2.75) is 39.2 Å². The topological polar surface area (TPSA) is 78.9 Å². The molecule has 6 nitrogen and oxygen atoms in total. The molecule has 3 rings (SSSR count). The molecule has 0 amide bonds. The van der Waals surface area contributed by atoms with Crippen molar-refractivity contribution in [2.75, 3.05) is 14.2 Å². The molecule has 2 saturated carbocycles. The molecule has 3 aliphatic carbocycles. The van der Waals surface area contributed by atoms with E-state index in [0.29, 0.717) is 23.0 Å². The van der Waals surface area contributed by atoms with Gasteiger partial charge in [-0.3, -0.25) is 4.79 Å². The number of ether oxygens (including phenoxy) is 3. The zero-order chi connectivity index (χ0) is 19.2. The third-order valence-electron chi connectivity index (χ3n) is 5.53. The molecule has 0 spiro atoms. The summed E-state index contributed by atoms with van der Waals surface area (Å²) in [6.07, 6.45) is 4.91. The number of rotatable bonds is 5. The molecule has 1 unspecified atom stereocenters. The summed E-state index contributed by atoms with van der Waals surface area (Å²) >= 11 is 0. The zero-order valence-electron chi connectivity index (χ0n) is 15.9. The number of carbonyl (C=O) groups excluding carboxylic acids is 3. The summed E-state index contributed by atoms with van der Waals surface area (Å²) in [7, 11) is 2.66. The quantitative estimate of drug-likeness (QED) is 0.425. The van der Waals surface area contributed by atoms with Crippen molar-refractivity contribution in [1.82, 2.24) is 0 Å². The van der Waals surface area contributed by atoms with Gasteiger partial charge in [-0.2, -0.15) is 0 Å². The van der Waals surface area contributed by atoms with E-state index >= 15 is 0 Å². The summed E-state index contributed by atoms with van der Waals surface area (Å²) in [4.78, 5) is 36.2. The number of allylic oxidation sites excluding steroid dienone is 1. The van der Waals surface area contributed by atoms with Gasteiger partial charge in [-0.1, -0.05) is 12.2 Å². The van der Waals surface area contributed by atoms with Crippen LogP contribution in [0.1, 0.15) is 33.6 Å². The van der Waals surface area contributed by atoms with Crippen LogP contribution >= 0.6 is 0 Å². The van der Waals surface area contributed by atoms with E-state index in [-0.39, 0.29) is 30.1 Å². The number of hydrogen-bond donors (Lipinski definition) is 0. The maximum absolute atomic E-state index is 12.2. The van der Waals surface area contributed by atoms with Gasteiger partial charge in [-0.05, 0) is 56.8 Å². The summed E-state index contributed by atoms with van der Waals surface area (Å²) in [6, 6.07) is 0. The minimum absolute atomic E-state index is 0.0442. The van der Waals surface area contributed by atoms with Crippen molar-refractivity contribution in [3.05, 3.63) is 23.3 Å². The Balaban J connectivity index is 1.67. The minimum atomic E-state index is -0.491. The maximum atomic E-state index is 12.2. The van der Waals surface area contributed by atoms with Crippen LogP contribution in [0.25, 0.3) is 0 Å². The third-order valence-corrected chi connectivity index (χ3v) is 5.53. The average molecular weight is 362 g/mol. The molecule has 0 heterocycles. The van der Waals surface area contributed by atoms with Crippen LogP contribution in [0.2, 0.25) is 0 Å². The van der Waals surface area contributed by atoms with E-state index in [1.54, 1.807) is 0 Å². The van der Waals surface area contributed by atoms with E-state index in [2.05, 4.69) is 0 Å². The molecule has 0 aliphatic heterocycles. The molecule has 0 aromatic carbocycles. The first-order valence-corrected chi connectivity index (χ1v) is 8.98. The fourth-order valence-electron chi connectivity index (χ4n) is 4.77. The van der Waals surface area contributed by atoms with Gasteiger partial charge in [-0.25, -0.2) is 9.59 Å². The van der Waals surface area contributed by atoms with Gasteiger partial charge in [-0.15, -0.1) is 0 Å². The van der Waals surface area contributed by atoms with Crippen LogP contribution in [0, 0.1) is 29.6 Å². The molecule has 2 fully saturated rings. The predicted octanol–water partition coefficient (Wildman–Crippen LogP) is 2.43. The van der Waals surface area contributed by atoms with Gasteiger partial charge in [0.1, 0.15) is 5.60 Å². The number of carbonyl (C=O) groups is 3. The SMILES string of the molecule is COC(=O)C1=C(C(=O)OC)[C@@H]2C[C@H]1[C@H]1C(/C=C\CC(=O)OC(C)(C)C)[C@H]12. The minimum Gasteiger partial charge on any atom is -0.466 e. The van der Waals surface area contributed by atoms with Crippen LogP contribution in [0.15, 0.2) is 23.3 Å². The van der Waals surface area contributed by atoms with E-state index in [4.69, 9.17) is 14.2 Å². The smallest absolute Gasteiger partial charge is 0.334 e. The molecule has 26 heavy (non-hydrogen) atoms.